The van der Waals surface area contributed by atoms with Crippen molar-refractivity contribution in [3.8, 4) is 0 Å². The summed E-state index contributed by atoms with van der Waals surface area (Å²) in [5, 5.41) is 3.66. The van der Waals surface area contributed by atoms with E-state index in [2.05, 4.69) is 56.2 Å². The number of nitrogens with zero attached hydrogens (tertiary/aromatic N) is 1. The first kappa shape index (κ1) is 15.4. The molecule has 2 heteroatoms. The summed E-state index contributed by atoms with van der Waals surface area (Å²) in [6.07, 6.45) is 5.47. The maximum atomic E-state index is 3.66. The molecule has 2 nitrogen and oxygen atoms in total. The Labute approximate surface area is 124 Å². The van der Waals surface area contributed by atoms with Gasteiger partial charge in [-0.3, -0.25) is 0 Å². The molecule has 1 aromatic carbocycles. The van der Waals surface area contributed by atoms with Crippen molar-refractivity contribution in [2.24, 2.45) is 5.92 Å². The normalized spacial score (nSPS) is 22.2. The fourth-order valence-corrected chi connectivity index (χ4v) is 3.63. The van der Waals surface area contributed by atoms with Gasteiger partial charge in [-0.25, -0.2) is 0 Å². The van der Waals surface area contributed by atoms with Crippen LogP contribution in [-0.2, 0) is 0 Å². The molecular weight excluding hydrogens is 244 g/mol. The maximum absolute atomic E-state index is 3.66. The number of aryl methyl sites for hydroxylation is 2. The van der Waals surface area contributed by atoms with Gasteiger partial charge in [0.25, 0.3) is 0 Å². The van der Waals surface area contributed by atoms with Crippen molar-refractivity contribution < 1.29 is 0 Å². The number of benzene rings is 1. The van der Waals surface area contributed by atoms with E-state index in [0.717, 1.165) is 25.0 Å². The molecule has 20 heavy (non-hydrogen) atoms. The van der Waals surface area contributed by atoms with E-state index in [1.807, 2.05) is 0 Å². The van der Waals surface area contributed by atoms with Crippen LogP contribution in [0.2, 0.25) is 0 Å². The van der Waals surface area contributed by atoms with Gasteiger partial charge in [-0.2, -0.15) is 0 Å². The number of hydrogen-bond donors (Lipinski definition) is 1. The van der Waals surface area contributed by atoms with E-state index in [4.69, 9.17) is 0 Å². The van der Waals surface area contributed by atoms with Crippen LogP contribution < -0.4 is 10.2 Å². The van der Waals surface area contributed by atoms with E-state index in [-0.39, 0.29) is 0 Å². The van der Waals surface area contributed by atoms with Crippen molar-refractivity contribution in [2.75, 3.05) is 25.0 Å². The Morgan fingerprint density at radius 1 is 1.25 bits per heavy atom. The summed E-state index contributed by atoms with van der Waals surface area (Å²) in [7, 11) is 2.23. The zero-order valence-corrected chi connectivity index (χ0v) is 13.6. The predicted octanol–water partition coefficient (Wildman–Crippen LogP) is 3.91. The molecule has 0 heterocycles. The highest BCUT2D eigenvalue weighted by Crippen LogP contribution is 2.29. The average molecular weight is 274 g/mol. The fraction of sp³-hybridized carbons (Fsp3) is 0.667. The number of nitrogens with one attached hydrogen (secondary N) is 1. The van der Waals surface area contributed by atoms with E-state index in [1.165, 1.54) is 42.5 Å². The molecule has 0 aliphatic heterocycles. The first-order valence-corrected chi connectivity index (χ1v) is 8.13. The monoisotopic (exact) mass is 274 g/mol. The van der Waals surface area contributed by atoms with Gasteiger partial charge in [0, 0.05) is 25.3 Å². The smallest absolute Gasteiger partial charge is 0.0393 e. The summed E-state index contributed by atoms with van der Waals surface area (Å²) >= 11 is 0. The molecule has 2 rings (SSSR count). The van der Waals surface area contributed by atoms with Crippen LogP contribution in [0.5, 0.6) is 0 Å². The van der Waals surface area contributed by atoms with Crippen LogP contribution in [0.15, 0.2) is 18.2 Å². The van der Waals surface area contributed by atoms with Gasteiger partial charge in [-0.15, -0.1) is 0 Å². The number of rotatable bonds is 6. The van der Waals surface area contributed by atoms with Crippen molar-refractivity contribution in [3.05, 3.63) is 29.3 Å². The molecule has 0 radical (unpaired) electrons. The van der Waals surface area contributed by atoms with Crippen molar-refractivity contribution in [3.63, 3.8) is 0 Å². The topological polar surface area (TPSA) is 15.3 Å². The number of anilines is 1. The Hall–Kier alpha value is -1.02. The third-order valence-corrected chi connectivity index (χ3v) is 4.72. The quantitative estimate of drug-likeness (QED) is 0.846. The molecule has 1 aliphatic carbocycles. The van der Waals surface area contributed by atoms with Crippen LogP contribution >= 0.6 is 0 Å². The molecule has 2 atom stereocenters. The van der Waals surface area contributed by atoms with Crippen LogP contribution in [0.25, 0.3) is 0 Å². The van der Waals surface area contributed by atoms with Gasteiger partial charge in [0.05, 0.1) is 0 Å². The average Bonchev–Trinajstić information content (AvgIpc) is 2.84. The molecule has 2 unspecified atom stereocenters. The molecule has 112 valence electrons. The molecule has 0 bridgehead atoms. The summed E-state index contributed by atoms with van der Waals surface area (Å²) in [6, 6.07) is 7.52. The molecule has 1 aromatic rings. The summed E-state index contributed by atoms with van der Waals surface area (Å²) in [5.41, 5.74) is 4.12. The fourth-order valence-electron chi connectivity index (χ4n) is 3.63. The van der Waals surface area contributed by atoms with E-state index in [9.17, 15) is 0 Å². The first-order valence-electron chi connectivity index (χ1n) is 8.13. The van der Waals surface area contributed by atoms with Crippen molar-refractivity contribution in [1.29, 1.82) is 0 Å². The molecule has 1 fully saturated rings. The van der Waals surface area contributed by atoms with Crippen LogP contribution in [0, 0.1) is 19.8 Å². The van der Waals surface area contributed by atoms with Gasteiger partial charge in [-0.05, 0) is 57.2 Å². The van der Waals surface area contributed by atoms with Crippen LogP contribution in [0.4, 0.5) is 5.69 Å². The molecular formula is C18H30N2. The highest BCUT2D eigenvalue weighted by Gasteiger charge is 2.26. The lowest BCUT2D eigenvalue weighted by atomic mass is 9.99. The van der Waals surface area contributed by atoms with E-state index >= 15 is 0 Å². The van der Waals surface area contributed by atoms with Gasteiger partial charge >= 0.3 is 0 Å². The van der Waals surface area contributed by atoms with E-state index in [0.29, 0.717) is 0 Å². The van der Waals surface area contributed by atoms with Crippen LogP contribution in [0.1, 0.15) is 43.7 Å². The second-order valence-electron chi connectivity index (χ2n) is 6.36. The Balaban J connectivity index is 1.89. The van der Waals surface area contributed by atoms with Gasteiger partial charge < -0.3 is 10.2 Å². The molecule has 1 aliphatic rings. The first-order chi connectivity index (χ1) is 9.61. The molecule has 0 amide bonds. The lowest BCUT2D eigenvalue weighted by molar-refractivity contribution is 0.388. The van der Waals surface area contributed by atoms with Crippen molar-refractivity contribution >= 4 is 5.69 Å². The van der Waals surface area contributed by atoms with Gasteiger partial charge in [-0.1, -0.05) is 31.0 Å². The third-order valence-electron chi connectivity index (χ3n) is 4.72. The largest absolute Gasteiger partial charge is 0.374 e. The van der Waals surface area contributed by atoms with Crippen LogP contribution in [-0.4, -0.2) is 26.2 Å². The SMILES string of the molecule is CCNC1CCCC1CCN(C)c1ccc(C)cc1C. The van der Waals surface area contributed by atoms with Gasteiger partial charge in [0.15, 0.2) is 0 Å². The molecule has 1 saturated carbocycles. The Bertz CT molecular complexity index is 427. The Kier molecular flexibility index (Phi) is 5.47. The predicted molar refractivity (Wildman–Crippen MR) is 88.6 cm³/mol. The Morgan fingerprint density at radius 3 is 2.75 bits per heavy atom. The summed E-state index contributed by atoms with van der Waals surface area (Å²) in [5.74, 6) is 0.864. The minimum absolute atomic E-state index is 0.757. The third kappa shape index (κ3) is 3.76. The molecule has 0 spiro atoms. The second-order valence-corrected chi connectivity index (χ2v) is 6.36. The van der Waals surface area contributed by atoms with E-state index < -0.39 is 0 Å². The molecule has 0 saturated heterocycles. The maximum Gasteiger partial charge on any atom is 0.0393 e. The van der Waals surface area contributed by atoms with Crippen molar-refractivity contribution in [1.82, 2.24) is 5.32 Å². The zero-order valence-electron chi connectivity index (χ0n) is 13.6. The van der Waals surface area contributed by atoms with Crippen molar-refractivity contribution in [2.45, 2.75) is 52.5 Å². The van der Waals surface area contributed by atoms with E-state index in [1.54, 1.807) is 0 Å². The lowest BCUT2D eigenvalue weighted by Crippen LogP contribution is -2.34. The Morgan fingerprint density at radius 2 is 2.05 bits per heavy atom. The minimum Gasteiger partial charge on any atom is -0.374 e. The second kappa shape index (κ2) is 7.12. The lowest BCUT2D eigenvalue weighted by Gasteiger charge is -2.26. The molecule has 1 N–H and O–H groups in total. The number of hydrogen-bond acceptors (Lipinski definition) is 2. The summed E-state index contributed by atoms with van der Waals surface area (Å²) in [6.45, 7) is 8.87. The summed E-state index contributed by atoms with van der Waals surface area (Å²) in [4.78, 5) is 2.43. The summed E-state index contributed by atoms with van der Waals surface area (Å²) < 4.78 is 0. The van der Waals surface area contributed by atoms with Crippen LogP contribution in [0.3, 0.4) is 0 Å². The molecule has 0 aromatic heterocycles. The van der Waals surface area contributed by atoms with Gasteiger partial charge in [0.2, 0.25) is 0 Å². The highest BCUT2D eigenvalue weighted by atomic mass is 15.1. The highest BCUT2D eigenvalue weighted by molar-refractivity contribution is 5.53. The van der Waals surface area contributed by atoms with Gasteiger partial charge in [0.1, 0.15) is 0 Å². The zero-order chi connectivity index (χ0) is 14.5. The standard InChI is InChI=1S/C18H30N2/c1-5-19-17-8-6-7-16(17)11-12-20(4)18-10-9-14(2)13-15(18)3/h9-10,13,16-17,19H,5-8,11-12H2,1-4H3. The minimum atomic E-state index is 0.757.